The van der Waals surface area contributed by atoms with Gasteiger partial charge in [0.15, 0.2) is 5.11 Å². The van der Waals surface area contributed by atoms with E-state index >= 15 is 0 Å². The minimum absolute atomic E-state index is 0.118. The summed E-state index contributed by atoms with van der Waals surface area (Å²) in [4.78, 5) is 23.7. The van der Waals surface area contributed by atoms with Crippen molar-refractivity contribution in [3.05, 3.63) is 115 Å². The first kappa shape index (κ1) is 21.8. The molecule has 34 heavy (non-hydrogen) atoms. The third-order valence-electron chi connectivity index (χ3n) is 5.81. The van der Waals surface area contributed by atoms with E-state index in [2.05, 4.69) is 37.3 Å². The number of carbonyl (C=O) groups excluding carboxylic acids is 1. The predicted octanol–water partition coefficient (Wildman–Crippen LogP) is 3.94. The van der Waals surface area contributed by atoms with Crippen LogP contribution in [0.1, 0.15) is 29.0 Å². The lowest BCUT2D eigenvalue weighted by Gasteiger charge is -2.28. The average molecular weight is 469 g/mol. The number of carbonyl (C=O) groups is 1. The standard InChI is InChI=1S/C26H24N6OS/c33-23(29-20-9-2-1-3-10-20)18-32-25(24(30-26(32)34)21-11-4-5-14-28-21)22-12-7-15-31(22)17-19-8-6-13-27-16-19/h1-16,24-25H,17-18H2,(H,29,33)(H,30,34)/t24-,25+/m0/s1. The molecule has 2 atom stereocenters. The van der Waals surface area contributed by atoms with Gasteiger partial charge in [0.05, 0.1) is 17.8 Å². The summed E-state index contributed by atoms with van der Waals surface area (Å²) >= 11 is 5.71. The van der Waals surface area contributed by atoms with Crippen LogP contribution < -0.4 is 10.6 Å². The van der Waals surface area contributed by atoms with Gasteiger partial charge in [-0.3, -0.25) is 14.8 Å². The normalized spacial score (nSPS) is 17.4. The molecule has 1 fully saturated rings. The van der Waals surface area contributed by atoms with Gasteiger partial charge in [-0.2, -0.15) is 0 Å². The van der Waals surface area contributed by atoms with Crippen molar-refractivity contribution in [2.75, 3.05) is 11.9 Å². The van der Waals surface area contributed by atoms with Crippen LogP contribution >= 0.6 is 12.2 Å². The Labute approximate surface area is 203 Å². The number of nitrogens with one attached hydrogen (secondary N) is 2. The highest BCUT2D eigenvalue weighted by atomic mass is 32.1. The minimum Gasteiger partial charge on any atom is -0.352 e. The Balaban J connectivity index is 1.47. The number of rotatable bonds is 7. The minimum atomic E-state index is -0.212. The third kappa shape index (κ3) is 4.67. The molecule has 1 amide bonds. The van der Waals surface area contributed by atoms with E-state index in [9.17, 15) is 4.79 Å². The summed E-state index contributed by atoms with van der Waals surface area (Å²) in [5.74, 6) is -0.132. The largest absolute Gasteiger partial charge is 0.352 e. The Hall–Kier alpha value is -4.04. The van der Waals surface area contributed by atoms with Gasteiger partial charge in [0.1, 0.15) is 6.54 Å². The fraction of sp³-hybridized carbons (Fsp3) is 0.154. The summed E-state index contributed by atoms with van der Waals surface area (Å²) in [7, 11) is 0. The summed E-state index contributed by atoms with van der Waals surface area (Å²) < 4.78 is 2.18. The van der Waals surface area contributed by atoms with E-state index in [1.165, 1.54) is 0 Å². The number of benzene rings is 1. The summed E-state index contributed by atoms with van der Waals surface area (Å²) in [5.41, 5.74) is 3.76. The maximum atomic E-state index is 13.0. The lowest BCUT2D eigenvalue weighted by atomic mass is 10.0. The van der Waals surface area contributed by atoms with E-state index in [0.717, 1.165) is 22.6 Å². The maximum Gasteiger partial charge on any atom is 0.244 e. The molecular formula is C26H24N6OS. The summed E-state index contributed by atoms with van der Waals surface area (Å²) in [6.45, 7) is 0.783. The van der Waals surface area contributed by atoms with Gasteiger partial charge in [0, 0.05) is 42.7 Å². The molecule has 4 heterocycles. The van der Waals surface area contributed by atoms with Gasteiger partial charge in [0.2, 0.25) is 5.91 Å². The Morgan fingerprint density at radius 3 is 2.62 bits per heavy atom. The average Bonchev–Trinajstić information content (AvgIpc) is 3.44. The molecule has 0 radical (unpaired) electrons. The van der Waals surface area contributed by atoms with Crippen LogP contribution in [0, 0.1) is 0 Å². The molecule has 0 saturated carbocycles. The van der Waals surface area contributed by atoms with Crippen LogP contribution in [0.5, 0.6) is 0 Å². The highest BCUT2D eigenvalue weighted by molar-refractivity contribution is 7.80. The molecule has 1 aliphatic heterocycles. The van der Waals surface area contributed by atoms with Crippen molar-refractivity contribution in [3.63, 3.8) is 0 Å². The van der Waals surface area contributed by atoms with Gasteiger partial charge < -0.3 is 20.1 Å². The van der Waals surface area contributed by atoms with Crippen LogP contribution in [0.3, 0.4) is 0 Å². The highest BCUT2D eigenvalue weighted by Gasteiger charge is 2.41. The molecule has 1 aromatic carbocycles. The topological polar surface area (TPSA) is 75.1 Å². The van der Waals surface area contributed by atoms with E-state index in [4.69, 9.17) is 12.2 Å². The van der Waals surface area contributed by atoms with Crippen molar-refractivity contribution in [2.24, 2.45) is 0 Å². The first-order valence-corrected chi connectivity index (χ1v) is 11.5. The number of amides is 1. The maximum absolute atomic E-state index is 13.0. The van der Waals surface area contributed by atoms with Crippen LogP contribution in [0.15, 0.2) is 97.6 Å². The molecule has 0 bridgehead atoms. The zero-order valence-electron chi connectivity index (χ0n) is 18.4. The van der Waals surface area contributed by atoms with E-state index in [1.54, 1.807) is 12.4 Å². The first-order valence-electron chi connectivity index (χ1n) is 11.1. The number of thiocarbonyl (C=S) groups is 1. The fourth-order valence-corrected chi connectivity index (χ4v) is 4.61. The molecule has 0 aliphatic carbocycles. The Bertz CT molecular complexity index is 1260. The van der Waals surface area contributed by atoms with Crippen molar-refractivity contribution in [1.29, 1.82) is 0 Å². The molecule has 4 aromatic rings. The zero-order chi connectivity index (χ0) is 23.3. The lowest BCUT2D eigenvalue weighted by Crippen LogP contribution is -2.37. The Kier molecular flexibility index (Phi) is 6.31. The number of pyridine rings is 2. The third-order valence-corrected chi connectivity index (χ3v) is 6.17. The number of hydrogen-bond acceptors (Lipinski definition) is 4. The van der Waals surface area contributed by atoms with Crippen LogP contribution in [0.4, 0.5) is 5.69 Å². The summed E-state index contributed by atoms with van der Waals surface area (Å²) in [5, 5.41) is 6.90. The van der Waals surface area contributed by atoms with Crippen LogP contribution in [-0.2, 0) is 11.3 Å². The van der Waals surface area contributed by atoms with E-state index in [-0.39, 0.29) is 24.5 Å². The van der Waals surface area contributed by atoms with Crippen LogP contribution in [-0.4, -0.2) is 37.0 Å². The molecule has 1 aliphatic rings. The summed E-state index contributed by atoms with van der Waals surface area (Å²) in [6, 6.07) is 22.9. The van der Waals surface area contributed by atoms with E-state index in [0.29, 0.717) is 11.7 Å². The second-order valence-corrected chi connectivity index (χ2v) is 8.48. The van der Waals surface area contributed by atoms with Crippen molar-refractivity contribution < 1.29 is 4.79 Å². The monoisotopic (exact) mass is 468 g/mol. The van der Waals surface area contributed by atoms with Gasteiger partial charge in [-0.25, -0.2) is 0 Å². The summed E-state index contributed by atoms with van der Waals surface area (Å²) in [6.07, 6.45) is 7.45. The van der Waals surface area contributed by atoms with Gasteiger partial charge in [-0.15, -0.1) is 0 Å². The lowest BCUT2D eigenvalue weighted by molar-refractivity contribution is -0.116. The van der Waals surface area contributed by atoms with Crippen molar-refractivity contribution in [2.45, 2.75) is 18.6 Å². The number of para-hydroxylation sites is 1. The van der Waals surface area contributed by atoms with Crippen LogP contribution in [0.2, 0.25) is 0 Å². The zero-order valence-corrected chi connectivity index (χ0v) is 19.2. The number of anilines is 1. The van der Waals surface area contributed by atoms with Crippen molar-refractivity contribution in [1.82, 2.24) is 24.8 Å². The quantitative estimate of drug-likeness (QED) is 0.400. The SMILES string of the molecule is O=C(CN1C(=S)N[C@@H](c2ccccn2)[C@H]1c1cccn1Cc1cccnc1)Nc1ccccc1. The molecule has 170 valence electrons. The second kappa shape index (κ2) is 9.84. The Morgan fingerprint density at radius 2 is 1.85 bits per heavy atom. The molecule has 8 heteroatoms. The van der Waals surface area contributed by atoms with Gasteiger partial charge in [-0.1, -0.05) is 30.3 Å². The predicted molar refractivity (Wildman–Crippen MR) is 135 cm³/mol. The molecule has 5 rings (SSSR count). The Morgan fingerprint density at radius 1 is 1.00 bits per heavy atom. The molecule has 0 spiro atoms. The number of hydrogen-bond donors (Lipinski definition) is 2. The van der Waals surface area contributed by atoms with E-state index in [1.807, 2.05) is 78.0 Å². The van der Waals surface area contributed by atoms with Gasteiger partial charge in [-0.05, 0) is 60.2 Å². The fourth-order valence-electron chi connectivity index (χ4n) is 4.30. The number of aromatic nitrogens is 3. The molecule has 0 unspecified atom stereocenters. The van der Waals surface area contributed by atoms with Gasteiger partial charge >= 0.3 is 0 Å². The second-order valence-electron chi connectivity index (χ2n) is 8.09. The van der Waals surface area contributed by atoms with Crippen molar-refractivity contribution in [3.8, 4) is 0 Å². The smallest absolute Gasteiger partial charge is 0.244 e. The van der Waals surface area contributed by atoms with Crippen LogP contribution in [0.25, 0.3) is 0 Å². The molecule has 7 nitrogen and oxygen atoms in total. The molecular weight excluding hydrogens is 444 g/mol. The molecule has 2 N–H and O–H groups in total. The van der Waals surface area contributed by atoms with E-state index < -0.39 is 0 Å². The van der Waals surface area contributed by atoms with Crippen molar-refractivity contribution >= 4 is 28.9 Å². The molecule has 1 saturated heterocycles. The highest BCUT2D eigenvalue weighted by Crippen LogP contribution is 2.38. The number of nitrogens with zero attached hydrogens (tertiary/aromatic N) is 4. The first-order chi connectivity index (χ1) is 16.7. The molecule has 3 aromatic heterocycles. The van der Waals surface area contributed by atoms with Gasteiger partial charge in [0.25, 0.3) is 0 Å².